The Morgan fingerprint density at radius 2 is 2.04 bits per heavy atom. The van der Waals surface area contributed by atoms with Gasteiger partial charge in [-0.15, -0.1) is 0 Å². The van der Waals surface area contributed by atoms with Crippen molar-refractivity contribution >= 4 is 45.8 Å². The lowest BCUT2D eigenvalue weighted by Crippen LogP contribution is -2.26. The Bertz CT molecular complexity index is 829. The molecule has 1 heterocycles. The SMILES string of the molecule is CCCN1C(=O)/C(=C\c2cc(I)c(O)c(OC)c2)c2ccccc21. The Morgan fingerprint density at radius 3 is 2.75 bits per heavy atom. The number of fused-ring (bicyclic) bond motifs is 1. The molecule has 0 unspecified atom stereocenters. The minimum Gasteiger partial charge on any atom is -0.504 e. The first-order valence-electron chi connectivity index (χ1n) is 7.76. The summed E-state index contributed by atoms with van der Waals surface area (Å²) in [6, 6.07) is 11.4. The number of carbonyl (C=O) groups excluding carboxylic acids is 1. The molecule has 0 aromatic heterocycles. The fraction of sp³-hybridized carbons (Fsp3) is 0.211. The summed E-state index contributed by atoms with van der Waals surface area (Å²) in [4.78, 5) is 14.7. The molecule has 124 valence electrons. The molecule has 24 heavy (non-hydrogen) atoms. The van der Waals surface area contributed by atoms with Gasteiger partial charge in [0.05, 0.1) is 16.4 Å². The van der Waals surface area contributed by atoms with Gasteiger partial charge in [0.2, 0.25) is 0 Å². The van der Waals surface area contributed by atoms with Crippen molar-refractivity contribution in [2.24, 2.45) is 0 Å². The van der Waals surface area contributed by atoms with E-state index in [1.165, 1.54) is 7.11 Å². The quantitative estimate of drug-likeness (QED) is 0.576. The average molecular weight is 435 g/mol. The van der Waals surface area contributed by atoms with Crippen molar-refractivity contribution in [3.05, 3.63) is 51.1 Å². The predicted molar refractivity (Wildman–Crippen MR) is 104 cm³/mol. The van der Waals surface area contributed by atoms with Gasteiger partial charge in [0, 0.05) is 17.7 Å². The Hall–Kier alpha value is -2.02. The van der Waals surface area contributed by atoms with Crippen LogP contribution in [0.3, 0.4) is 0 Å². The van der Waals surface area contributed by atoms with Crippen LogP contribution >= 0.6 is 22.6 Å². The Labute approximate surface area is 154 Å². The van der Waals surface area contributed by atoms with Crippen molar-refractivity contribution in [3.8, 4) is 11.5 Å². The van der Waals surface area contributed by atoms with E-state index in [1.54, 1.807) is 6.07 Å². The molecule has 0 spiro atoms. The molecule has 1 aliphatic rings. The van der Waals surface area contributed by atoms with Crippen molar-refractivity contribution in [1.82, 2.24) is 0 Å². The largest absolute Gasteiger partial charge is 0.504 e. The van der Waals surface area contributed by atoms with Crippen LogP contribution in [0.2, 0.25) is 0 Å². The lowest BCUT2D eigenvalue weighted by molar-refractivity contribution is -0.113. The summed E-state index contributed by atoms with van der Waals surface area (Å²) in [5.41, 5.74) is 3.39. The van der Waals surface area contributed by atoms with Crippen molar-refractivity contribution < 1.29 is 14.6 Å². The third kappa shape index (κ3) is 2.88. The molecule has 0 fully saturated rings. The summed E-state index contributed by atoms with van der Waals surface area (Å²) in [7, 11) is 1.51. The van der Waals surface area contributed by atoms with Gasteiger partial charge < -0.3 is 14.7 Å². The normalized spacial score (nSPS) is 15.0. The fourth-order valence-electron chi connectivity index (χ4n) is 2.89. The predicted octanol–water partition coefficient (Wildman–Crippen LogP) is 4.30. The number of amides is 1. The van der Waals surface area contributed by atoms with Gasteiger partial charge in [-0.25, -0.2) is 0 Å². The topological polar surface area (TPSA) is 49.8 Å². The smallest absolute Gasteiger partial charge is 0.258 e. The molecule has 0 saturated carbocycles. The molecule has 1 N–H and O–H groups in total. The number of para-hydroxylation sites is 1. The molecule has 0 radical (unpaired) electrons. The van der Waals surface area contributed by atoms with E-state index in [1.807, 2.05) is 41.3 Å². The second-order valence-electron chi connectivity index (χ2n) is 5.59. The van der Waals surface area contributed by atoms with Crippen molar-refractivity contribution in [2.75, 3.05) is 18.6 Å². The number of phenols is 1. The number of hydrogen-bond donors (Lipinski definition) is 1. The van der Waals surface area contributed by atoms with Gasteiger partial charge in [-0.05, 0) is 58.9 Å². The van der Waals surface area contributed by atoms with E-state index >= 15 is 0 Å². The molecule has 1 aliphatic heterocycles. The minimum absolute atomic E-state index is 0.0140. The van der Waals surface area contributed by atoms with Gasteiger partial charge in [0.1, 0.15) is 0 Å². The highest BCUT2D eigenvalue weighted by atomic mass is 127. The Balaban J connectivity index is 2.11. The van der Waals surface area contributed by atoms with Crippen LogP contribution in [0, 0.1) is 3.57 Å². The number of hydrogen-bond acceptors (Lipinski definition) is 3. The summed E-state index contributed by atoms with van der Waals surface area (Å²) in [6.07, 6.45) is 2.76. The molecule has 0 atom stereocenters. The summed E-state index contributed by atoms with van der Waals surface area (Å²) in [5, 5.41) is 9.98. The number of aromatic hydroxyl groups is 1. The molecule has 2 aromatic carbocycles. The zero-order chi connectivity index (χ0) is 17.3. The van der Waals surface area contributed by atoms with E-state index < -0.39 is 0 Å². The van der Waals surface area contributed by atoms with E-state index in [2.05, 4.69) is 29.5 Å². The maximum atomic E-state index is 12.8. The molecule has 4 nitrogen and oxygen atoms in total. The van der Waals surface area contributed by atoms with Crippen molar-refractivity contribution in [1.29, 1.82) is 0 Å². The molecular formula is C19H18INO3. The zero-order valence-electron chi connectivity index (χ0n) is 13.5. The van der Waals surface area contributed by atoms with Crippen LogP contribution in [0.25, 0.3) is 11.6 Å². The molecule has 0 aliphatic carbocycles. The molecule has 2 aromatic rings. The highest BCUT2D eigenvalue weighted by molar-refractivity contribution is 14.1. The standard InChI is InChI=1S/C19H18INO3/c1-3-8-21-16-7-5-4-6-13(16)14(19(21)23)9-12-10-15(20)18(22)17(11-12)24-2/h4-7,9-11,22H,3,8H2,1-2H3/b14-9-. The van der Waals surface area contributed by atoms with Gasteiger partial charge in [0.15, 0.2) is 11.5 Å². The monoisotopic (exact) mass is 435 g/mol. The van der Waals surface area contributed by atoms with Crippen LogP contribution in [-0.2, 0) is 4.79 Å². The van der Waals surface area contributed by atoms with Crippen molar-refractivity contribution in [3.63, 3.8) is 0 Å². The number of benzene rings is 2. The van der Waals surface area contributed by atoms with E-state index in [0.717, 1.165) is 23.2 Å². The summed E-state index contributed by atoms with van der Waals surface area (Å²) < 4.78 is 5.89. The van der Waals surface area contributed by atoms with E-state index in [0.29, 0.717) is 21.4 Å². The number of methoxy groups -OCH3 is 1. The summed E-state index contributed by atoms with van der Waals surface area (Å²) >= 11 is 2.05. The number of phenolic OH excluding ortho intramolecular Hbond substituents is 1. The number of anilines is 1. The van der Waals surface area contributed by atoms with Crippen LogP contribution in [0.15, 0.2) is 36.4 Å². The maximum absolute atomic E-state index is 12.8. The van der Waals surface area contributed by atoms with Crippen LogP contribution in [0.4, 0.5) is 5.69 Å². The van der Waals surface area contributed by atoms with E-state index in [9.17, 15) is 9.90 Å². The van der Waals surface area contributed by atoms with Crippen LogP contribution in [-0.4, -0.2) is 24.7 Å². The number of rotatable bonds is 4. The average Bonchev–Trinajstić information content (AvgIpc) is 2.84. The summed E-state index contributed by atoms with van der Waals surface area (Å²) in [5.74, 6) is 0.531. The third-order valence-electron chi connectivity index (χ3n) is 3.99. The lowest BCUT2D eigenvalue weighted by Gasteiger charge is -2.15. The first-order chi connectivity index (χ1) is 11.6. The first-order valence-corrected chi connectivity index (χ1v) is 8.84. The molecule has 1 amide bonds. The minimum atomic E-state index is 0.0140. The number of halogens is 1. The van der Waals surface area contributed by atoms with E-state index in [4.69, 9.17) is 4.74 Å². The molecule has 5 heteroatoms. The van der Waals surface area contributed by atoms with Crippen LogP contribution < -0.4 is 9.64 Å². The summed E-state index contributed by atoms with van der Waals surface area (Å²) in [6.45, 7) is 2.76. The highest BCUT2D eigenvalue weighted by Crippen LogP contribution is 2.39. The van der Waals surface area contributed by atoms with E-state index in [-0.39, 0.29) is 11.7 Å². The fourth-order valence-corrected chi connectivity index (χ4v) is 3.52. The highest BCUT2D eigenvalue weighted by Gasteiger charge is 2.31. The second-order valence-corrected chi connectivity index (χ2v) is 6.75. The van der Waals surface area contributed by atoms with Gasteiger partial charge >= 0.3 is 0 Å². The number of nitrogens with zero attached hydrogens (tertiary/aromatic N) is 1. The molecule has 0 bridgehead atoms. The van der Waals surface area contributed by atoms with Crippen LogP contribution in [0.1, 0.15) is 24.5 Å². The zero-order valence-corrected chi connectivity index (χ0v) is 15.7. The van der Waals surface area contributed by atoms with Crippen molar-refractivity contribution in [2.45, 2.75) is 13.3 Å². The maximum Gasteiger partial charge on any atom is 0.258 e. The first kappa shape index (κ1) is 16.8. The second kappa shape index (κ2) is 6.84. The molecular weight excluding hydrogens is 417 g/mol. The lowest BCUT2D eigenvalue weighted by atomic mass is 10.0. The number of ether oxygens (including phenoxy) is 1. The van der Waals surface area contributed by atoms with Gasteiger partial charge in [-0.3, -0.25) is 4.79 Å². The van der Waals surface area contributed by atoms with Gasteiger partial charge in [-0.2, -0.15) is 0 Å². The Morgan fingerprint density at radius 1 is 1.29 bits per heavy atom. The van der Waals surface area contributed by atoms with Crippen LogP contribution in [0.5, 0.6) is 11.5 Å². The molecule has 0 saturated heterocycles. The van der Waals surface area contributed by atoms with Gasteiger partial charge in [-0.1, -0.05) is 25.1 Å². The Kier molecular flexibility index (Phi) is 4.80. The third-order valence-corrected chi connectivity index (χ3v) is 4.81. The molecule has 3 rings (SSSR count). The van der Waals surface area contributed by atoms with Gasteiger partial charge in [0.25, 0.3) is 5.91 Å². The number of carbonyl (C=O) groups is 1.